The van der Waals surface area contributed by atoms with Gasteiger partial charge in [0.15, 0.2) is 5.58 Å². The van der Waals surface area contributed by atoms with Gasteiger partial charge in [-0.2, -0.15) is 4.98 Å². The third kappa shape index (κ3) is 2.35. The molecule has 0 saturated carbocycles. The van der Waals surface area contributed by atoms with Gasteiger partial charge in [0.05, 0.1) is 12.2 Å². The number of nitrogen functional groups attached to an aromatic ring is 1. The van der Waals surface area contributed by atoms with Crippen molar-refractivity contribution in [2.24, 2.45) is 0 Å². The lowest BCUT2D eigenvalue weighted by molar-refractivity contribution is 0.613. The van der Waals surface area contributed by atoms with Gasteiger partial charge in [-0.15, -0.1) is 0 Å². The summed E-state index contributed by atoms with van der Waals surface area (Å²) in [6.45, 7) is 2.60. The minimum atomic E-state index is 0.477. The van der Waals surface area contributed by atoms with Crippen LogP contribution in [0.5, 0.6) is 0 Å². The van der Waals surface area contributed by atoms with Crippen molar-refractivity contribution < 1.29 is 4.42 Å². The minimum Gasteiger partial charge on any atom is -0.423 e. The number of nitrogens with one attached hydrogen (secondary N) is 1. The van der Waals surface area contributed by atoms with Gasteiger partial charge in [0, 0.05) is 18.0 Å². The number of nitrogens with two attached hydrogens (primary N) is 1. The van der Waals surface area contributed by atoms with Crippen molar-refractivity contribution in [1.29, 1.82) is 0 Å². The predicted octanol–water partition coefficient (Wildman–Crippen LogP) is 2.73. The molecule has 0 aliphatic carbocycles. The van der Waals surface area contributed by atoms with Gasteiger partial charge in [0.25, 0.3) is 6.01 Å². The number of hydrogen-bond donors (Lipinski definition) is 2. The quantitative estimate of drug-likeness (QED) is 0.703. The Bertz CT molecular complexity index is 720. The number of aromatic nitrogens is 2. The van der Waals surface area contributed by atoms with Gasteiger partial charge in [-0.25, -0.2) is 0 Å². The highest BCUT2D eigenvalue weighted by molar-refractivity contribution is 5.78. The summed E-state index contributed by atoms with van der Waals surface area (Å²) in [7, 11) is 0. The molecule has 0 amide bonds. The molecular formula is C14H14N4O. The molecule has 96 valence electrons. The fourth-order valence-corrected chi connectivity index (χ4v) is 1.88. The monoisotopic (exact) mass is 254 g/mol. The van der Waals surface area contributed by atoms with Gasteiger partial charge < -0.3 is 15.5 Å². The van der Waals surface area contributed by atoms with E-state index in [0.29, 0.717) is 23.8 Å². The summed E-state index contributed by atoms with van der Waals surface area (Å²) in [5.74, 6) is 0. The summed E-state index contributed by atoms with van der Waals surface area (Å²) in [6, 6.07) is 9.82. The van der Waals surface area contributed by atoms with Crippen LogP contribution in [0, 0.1) is 6.92 Å². The molecule has 0 spiro atoms. The number of fused-ring (bicyclic) bond motifs is 1. The molecule has 19 heavy (non-hydrogen) atoms. The van der Waals surface area contributed by atoms with Gasteiger partial charge in [-0.1, -0.05) is 6.07 Å². The zero-order chi connectivity index (χ0) is 13.2. The van der Waals surface area contributed by atoms with Crippen LogP contribution in [-0.2, 0) is 6.54 Å². The standard InChI is InChI=1S/C14H14N4O/c1-9-3-2-6-16-12(9)8-17-14-18-11-5-4-10(15)7-13(11)19-14/h2-7H,8,15H2,1H3,(H,17,18). The Hall–Kier alpha value is -2.56. The summed E-state index contributed by atoms with van der Waals surface area (Å²) < 4.78 is 5.58. The number of benzene rings is 1. The molecule has 0 bridgehead atoms. The first kappa shape index (κ1) is 11.5. The summed E-state index contributed by atoms with van der Waals surface area (Å²) in [6.07, 6.45) is 1.77. The van der Waals surface area contributed by atoms with E-state index in [1.165, 1.54) is 0 Å². The molecule has 0 aliphatic rings. The van der Waals surface area contributed by atoms with Crippen LogP contribution in [0.1, 0.15) is 11.3 Å². The number of rotatable bonds is 3. The Labute approximate surface area is 110 Å². The van der Waals surface area contributed by atoms with Crippen LogP contribution in [0.15, 0.2) is 40.9 Å². The predicted molar refractivity (Wildman–Crippen MR) is 74.7 cm³/mol. The molecule has 2 heterocycles. The molecule has 0 fully saturated rings. The van der Waals surface area contributed by atoms with Crippen molar-refractivity contribution >= 4 is 22.8 Å². The molecule has 3 N–H and O–H groups in total. The molecule has 0 radical (unpaired) electrons. The van der Waals surface area contributed by atoms with Crippen LogP contribution in [-0.4, -0.2) is 9.97 Å². The molecule has 0 atom stereocenters. The molecular weight excluding hydrogens is 240 g/mol. The highest BCUT2D eigenvalue weighted by Gasteiger charge is 2.06. The Morgan fingerprint density at radius 1 is 1.32 bits per heavy atom. The van der Waals surface area contributed by atoms with Crippen LogP contribution >= 0.6 is 0 Å². The lowest BCUT2D eigenvalue weighted by atomic mass is 10.2. The largest absolute Gasteiger partial charge is 0.423 e. The minimum absolute atomic E-state index is 0.477. The molecule has 2 aromatic heterocycles. The molecule has 0 saturated heterocycles. The zero-order valence-corrected chi connectivity index (χ0v) is 10.6. The summed E-state index contributed by atoms with van der Waals surface area (Å²) in [5.41, 5.74) is 9.94. The second-order valence-corrected chi connectivity index (χ2v) is 4.37. The average molecular weight is 254 g/mol. The van der Waals surface area contributed by atoms with Gasteiger partial charge in [0.1, 0.15) is 5.52 Å². The third-order valence-corrected chi connectivity index (χ3v) is 2.94. The Morgan fingerprint density at radius 2 is 2.21 bits per heavy atom. The summed E-state index contributed by atoms with van der Waals surface area (Å²) in [4.78, 5) is 8.65. The van der Waals surface area contributed by atoms with Gasteiger partial charge in [-0.3, -0.25) is 4.98 Å². The number of pyridine rings is 1. The Kier molecular flexibility index (Phi) is 2.79. The van der Waals surface area contributed by atoms with E-state index in [0.717, 1.165) is 16.8 Å². The maximum Gasteiger partial charge on any atom is 0.296 e. The molecule has 5 heteroatoms. The van der Waals surface area contributed by atoms with Crippen LogP contribution in [0.25, 0.3) is 11.1 Å². The second kappa shape index (κ2) is 4.61. The molecule has 3 rings (SSSR count). The second-order valence-electron chi connectivity index (χ2n) is 4.37. The highest BCUT2D eigenvalue weighted by Crippen LogP contribution is 2.21. The fraction of sp³-hybridized carbons (Fsp3) is 0.143. The smallest absolute Gasteiger partial charge is 0.296 e. The molecule has 3 aromatic rings. The molecule has 0 aliphatic heterocycles. The van der Waals surface area contributed by atoms with E-state index < -0.39 is 0 Å². The third-order valence-electron chi connectivity index (χ3n) is 2.94. The first-order valence-corrected chi connectivity index (χ1v) is 6.03. The number of anilines is 2. The number of nitrogens with zero attached hydrogens (tertiary/aromatic N) is 2. The topological polar surface area (TPSA) is 77.0 Å². The van der Waals surface area contributed by atoms with E-state index in [1.54, 1.807) is 18.3 Å². The van der Waals surface area contributed by atoms with Gasteiger partial charge >= 0.3 is 0 Å². The highest BCUT2D eigenvalue weighted by atomic mass is 16.4. The summed E-state index contributed by atoms with van der Waals surface area (Å²) in [5, 5.41) is 3.13. The maximum atomic E-state index is 5.70. The van der Waals surface area contributed by atoms with Crippen molar-refractivity contribution in [2.45, 2.75) is 13.5 Å². The molecule has 1 aromatic carbocycles. The van der Waals surface area contributed by atoms with Crippen molar-refractivity contribution in [1.82, 2.24) is 9.97 Å². The molecule has 5 nitrogen and oxygen atoms in total. The Morgan fingerprint density at radius 3 is 3.05 bits per heavy atom. The first-order chi connectivity index (χ1) is 9.22. The van der Waals surface area contributed by atoms with E-state index in [2.05, 4.69) is 15.3 Å². The fourth-order valence-electron chi connectivity index (χ4n) is 1.88. The summed E-state index contributed by atoms with van der Waals surface area (Å²) >= 11 is 0. The van der Waals surface area contributed by atoms with Crippen LogP contribution in [0.2, 0.25) is 0 Å². The van der Waals surface area contributed by atoms with Crippen molar-refractivity contribution in [3.8, 4) is 0 Å². The number of oxazole rings is 1. The average Bonchev–Trinajstić information content (AvgIpc) is 2.79. The maximum absolute atomic E-state index is 5.70. The van der Waals surface area contributed by atoms with Crippen LogP contribution in [0.3, 0.4) is 0 Å². The molecule has 0 unspecified atom stereocenters. The lowest BCUT2D eigenvalue weighted by Gasteiger charge is -2.03. The van der Waals surface area contributed by atoms with Crippen molar-refractivity contribution in [3.05, 3.63) is 47.8 Å². The van der Waals surface area contributed by atoms with E-state index in [4.69, 9.17) is 10.2 Å². The van der Waals surface area contributed by atoms with E-state index in [1.807, 2.05) is 25.1 Å². The van der Waals surface area contributed by atoms with Crippen molar-refractivity contribution in [3.63, 3.8) is 0 Å². The van der Waals surface area contributed by atoms with Gasteiger partial charge in [0.2, 0.25) is 0 Å². The van der Waals surface area contributed by atoms with Crippen LogP contribution < -0.4 is 11.1 Å². The Balaban J connectivity index is 1.80. The number of hydrogen-bond acceptors (Lipinski definition) is 5. The first-order valence-electron chi connectivity index (χ1n) is 6.03. The van der Waals surface area contributed by atoms with E-state index >= 15 is 0 Å². The van der Waals surface area contributed by atoms with Crippen LogP contribution in [0.4, 0.5) is 11.7 Å². The SMILES string of the molecule is Cc1cccnc1CNc1nc2ccc(N)cc2o1. The normalized spacial score (nSPS) is 10.8. The van der Waals surface area contributed by atoms with E-state index in [-0.39, 0.29) is 0 Å². The lowest BCUT2D eigenvalue weighted by Crippen LogP contribution is -2.03. The van der Waals surface area contributed by atoms with E-state index in [9.17, 15) is 0 Å². The number of aryl methyl sites for hydroxylation is 1. The zero-order valence-electron chi connectivity index (χ0n) is 10.6. The van der Waals surface area contributed by atoms with Crippen molar-refractivity contribution in [2.75, 3.05) is 11.1 Å². The van der Waals surface area contributed by atoms with Gasteiger partial charge in [-0.05, 0) is 30.7 Å².